The number of carbonyl (C=O) groups excluding carboxylic acids is 2. The van der Waals surface area contributed by atoms with Gasteiger partial charge in [-0.25, -0.2) is 4.79 Å². The Labute approximate surface area is 179 Å². The summed E-state index contributed by atoms with van der Waals surface area (Å²) in [6.07, 6.45) is 1.47. The smallest absolute Gasteiger partial charge is 0.344 e. The van der Waals surface area contributed by atoms with E-state index in [0.717, 1.165) is 4.47 Å². The third-order valence-corrected chi connectivity index (χ3v) is 4.48. The minimum Gasteiger partial charge on any atom is -0.481 e. The van der Waals surface area contributed by atoms with Gasteiger partial charge in [0.25, 0.3) is 5.91 Å². The van der Waals surface area contributed by atoms with Crippen molar-refractivity contribution in [2.45, 2.75) is 6.92 Å². The van der Waals surface area contributed by atoms with Gasteiger partial charge in [-0.2, -0.15) is 5.26 Å². The Morgan fingerprint density at radius 2 is 2.00 bits per heavy atom. The van der Waals surface area contributed by atoms with Gasteiger partial charge in [-0.15, -0.1) is 0 Å². The monoisotopic (exact) mass is 506 g/mol. The van der Waals surface area contributed by atoms with Crippen molar-refractivity contribution in [2.75, 3.05) is 18.5 Å². The van der Waals surface area contributed by atoms with Crippen LogP contribution in [0.15, 0.2) is 57.0 Å². The number of esters is 1. The second-order valence-electron chi connectivity index (χ2n) is 5.42. The van der Waals surface area contributed by atoms with Crippen molar-refractivity contribution in [1.82, 2.24) is 0 Å². The van der Waals surface area contributed by atoms with Gasteiger partial charge in [-0.3, -0.25) is 4.79 Å². The SMILES string of the molecule is CCOC(=O)COc1ccc(/C=C(/C#N)C(=O)Nc2cccc(Br)c2)cc1Br. The molecule has 0 fully saturated rings. The highest BCUT2D eigenvalue weighted by Crippen LogP contribution is 2.27. The molecule has 0 bridgehead atoms. The van der Waals surface area contributed by atoms with E-state index in [0.29, 0.717) is 21.5 Å². The molecule has 8 heteroatoms. The first-order valence-corrected chi connectivity index (χ1v) is 9.78. The van der Waals surface area contributed by atoms with E-state index < -0.39 is 11.9 Å². The van der Waals surface area contributed by atoms with Gasteiger partial charge in [0.1, 0.15) is 17.4 Å². The van der Waals surface area contributed by atoms with Crippen LogP contribution in [0.1, 0.15) is 12.5 Å². The van der Waals surface area contributed by atoms with E-state index in [2.05, 4.69) is 37.2 Å². The number of nitrogens with one attached hydrogen (secondary N) is 1. The molecular formula is C20H16Br2N2O4. The van der Waals surface area contributed by atoms with Gasteiger partial charge in [0.2, 0.25) is 0 Å². The van der Waals surface area contributed by atoms with Gasteiger partial charge in [-0.1, -0.05) is 28.1 Å². The van der Waals surface area contributed by atoms with Gasteiger partial charge in [-0.05, 0) is 64.8 Å². The molecule has 0 atom stereocenters. The van der Waals surface area contributed by atoms with Crippen LogP contribution >= 0.6 is 31.9 Å². The Morgan fingerprint density at radius 3 is 2.64 bits per heavy atom. The first-order chi connectivity index (χ1) is 13.4. The van der Waals surface area contributed by atoms with Gasteiger partial charge in [0.15, 0.2) is 6.61 Å². The number of carbonyl (C=O) groups is 2. The summed E-state index contributed by atoms with van der Waals surface area (Å²) < 4.78 is 11.6. The third-order valence-electron chi connectivity index (χ3n) is 3.37. The van der Waals surface area contributed by atoms with E-state index in [1.165, 1.54) is 6.08 Å². The molecule has 0 aromatic heterocycles. The lowest BCUT2D eigenvalue weighted by molar-refractivity contribution is -0.145. The maximum Gasteiger partial charge on any atom is 0.344 e. The molecule has 0 aliphatic rings. The van der Waals surface area contributed by atoms with Crippen LogP contribution in [-0.2, 0) is 14.3 Å². The summed E-state index contributed by atoms with van der Waals surface area (Å²) in [5, 5.41) is 12.0. The Morgan fingerprint density at radius 1 is 1.21 bits per heavy atom. The normalized spacial score (nSPS) is 10.7. The molecule has 28 heavy (non-hydrogen) atoms. The fourth-order valence-corrected chi connectivity index (χ4v) is 3.05. The standard InChI is InChI=1S/C20H16Br2N2O4/c1-2-27-19(25)12-28-18-7-6-13(9-17(18)22)8-14(11-23)20(26)24-16-5-3-4-15(21)10-16/h3-10H,2,12H2,1H3,(H,24,26)/b14-8-. The summed E-state index contributed by atoms with van der Waals surface area (Å²) in [7, 11) is 0. The van der Waals surface area contributed by atoms with E-state index >= 15 is 0 Å². The summed E-state index contributed by atoms with van der Waals surface area (Å²) in [6.45, 7) is 1.79. The highest BCUT2D eigenvalue weighted by atomic mass is 79.9. The number of benzene rings is 2. The van der Waals surface area contributed by atoms with Crippen LogP contribution in [0.3, 0.4) is 0 Å². The summed E-state index contributed by atoms with van der Waals surface area (Å²) in [4.78, 5) is 23.7. The largest absolute Gasteiger partial charge is 0.481 e. The predicted molar refractivity (Wildman–Crippen MR) is 113 cm³/mol. The molecule has 2 aromatic rings. The molecular weight excluding hydrogens is 492 g/mol. The van der Waals surface area contributed by atoms with Crippen LogP contribution in [0.25, 0.3) is 6.08 Å². The fourth-order valence-electron chi connectivity index (χ4n) is 2.14. The molecule has 0 aliphatic carbocycles. The predicted octanol–water partition coefficient (Wildman–Crippen LogP) is 4.70. The van der Waals surface area contributed by atoms with Crippen molar-refractivity contribution < 1.29 is 19.1 Å². The van der Waals surface area contributed by atoms with Crippen LogP contribution < -0.4 is 10.1 Å². The number of hydrogen-bond acceptors (Lipinski definition) is 5. The van der Waals surface area contributed by atoms with Crippen molar-refractivity contribution >= 4 is 55.5 Å². The molecule has 2 rings (SSSR count). The second-order valence-corrected chi connectivity index (χ2v) is 7.19. The molecule has 0 saturated heterocycles. The number of nitriles is 1. The molecule has 1 N–H and O–H groups in total. The minimum atomic E-state index is -0.514. The van der Waals surface area contributed by atoms with Crippen LogP contribution in [0.4, 0.5) is 5.69 Å². The lowest BCUT2D eigenvalue weighted by Gasteiger charge is -2.08. The fraction of sp³-hybridized carbons (Fsp3) is 0.150. The van der Waals surface area contributed by atoms with Crippen molar-refractivity contribution in [1.29, 1.82) is 5.26 Å². The Kier molecular flexibility index (Phi) is 8.23. The number of ether oxygens (including phenoxy) is 2. The van der Waals surface area contributed by atoms with Crippen LogP contribution in [0.2, 0.25) is 0 Å². The van der Waals surface area contributed by atoms with Gasteiger partial charge in [0, 0.05) is 10.2 Å². The van der Waals surface area contributed by atoms with E-state index in [1.807, 2.05) is 12.1 Å². The number of hydrogen-bond donors (Lipinski definition) is 1. The average Bonchev–Trinajstić information content (AvgIpc) is 2.65. The van der Waals surface area contributed by atoms with Crippen molar-refractivity contribution in [2.24, 2.45) is 0 Å². The number of halogens is 2. The second kappa shape index (κ2) is 10.6. The summed E-state index contributed by atoms with van der Waals surface area (Å²) in [5.41, 5.74) is 1.15. The molecule has 0 unspecified atom stereocenters. The topological polar surface area (TPSA) is 88.4 Å². The summed E-state index contributed by atoms with van der Waals surface area (Å²) in [5.74, 6) is -0.531. The van der Waals surface area contributed by atoms with Crippen molar-refractivity contribution in [3.05, 3.63) is 62.5 Å². The van der Waals surface area contributed by atoms with E-state index in [9.17, 15) is 14.9 Å². The lowest BCUT2D eigenvalue weighted by atomic mass is 10.1. The van der Waals surface area contributed by atoms with Crippen molar-refractivity contribution in [3.8, 4) is 11.8 Å². The zero-order chi connectivity index (χ0) is 20.5. The van der Waals surface area contributed by atoms with E-state index in [-0.39, 0.29) is 18.8 Å². The molecule has 0 spiro atoms. The highest BCUT2D eigenvalue weighted by molar-refractivity contribution is 9.10. The van der Waals surface area contributed by atoms with Crippen LogP contribution in [0.5, 0.6) is 5.75 Å². The lowest BCUT2D eigenvalue weighted by Crippen LogP contribution is -2.14. The van der Waals surface area contributed by atoms with Gasteiger partial charge in [0.05, 0.1) is 11.1 Å². The first-order valence-electron chi connectivity index (χ1n) is 8.19. The van der Waals surface area contributed by atoms with E-state index in [1.54, 1.807) is 43.3 Å². The highest BCUT2D eigenvalue weighted by Gasteiger charge is 2.11. The molecule has 1 amide bonds. The minimum absolute atomic E-state index is 0.0490. The maximum absolute atomic E-state index is 12.3. The molecule has 144 valence electrons. The number of nitrogens with zero attached hydrogens (tertiary/aromatic N) is 1. The number of rotatable bonds is 7. The zero-order valence-corrected chi connectivity index (χ0v) is 18.0. The van der Waals surface area contributed by atoms with Gasteiger partial charge < -0.3 is 14.8 Å². The number of amides is 1. The Hall–Kier alpha value is -2.63. The average molecular weight is 508 g/mol. The van der Waals surface area contributed by atoms with E-state index in [4.69, 9.17) is 9.47 Å². The molecule has 0 radical (unpaired) electrons. The van der Waals surface area contributed by atoms with Gasteiger partial charge >= 0.3 is 5.97 Å². The molecule has 0 aliphatic heterocycles. The molecule has 6 nitrogen and oxygen atoms in total. The number of anilines is 1. The maximum atomic E-state index is 12.3. The van der Waals surface area contributed by atoms with Crippen molar-refractivity contribution in [3.63, 3.8) is 0 Å². The molecule has 0 saturated carbocycles. The third kappa shape index (κ3) is 6.51. The van der Waals surface area contributed by atoms with Crippen LogP contribution in [-0.4, -0.2) is 25.1 Å². The molecule has 2 aromatic carbocycles. The molecule has 0 heterocycles. The quantitative estimate of drug-likeness (QED) is 0.333. The summed E-state index contributed by atoms with van der Waals surface area (Å²) in [6, 6.07) is 14.0. The first kappa shape index (κ1) is 21.7. The van der Waals surface area contributed by atoms with Crippen LogP contribution in [0, 0.1) is 11.3 Å². The Bertz CT molecular complexity index is 951. The summed E-state index contributed by atoms with van der Waals surface area (Å²) >= 11 is 6.68. The Balaban J connectivity index is 2.11. The zero-order valence-electron chi connectivity index (χ0n) is 14.9.